The molecule has 0 saturated heterocycles. The van der Waals surface area contributed by atoms with Gasteiger partial charge in [-0.05, 0) is 24.7 Å². The van der Waals surface area contributed by atoms with Crippen LogP contribution in [-0.4, -0.2) is 23.6 Å². The third-order valence-electron chi connectivity index (χ3n) is 2.68. The molecule has 0 spiro atoms. The first-order chi connectivity index (χ1) is 9.51. The van der Waals surface area contributed by atoms with Gasteiger partial charge in [-0.3, -0.25) is 0 Å². The zero-order valence-electron chi connectivity index (χ0n) is 10.6. The molecule has 1 unspecified atom stereocenters. The second kappa shape index (κ2) is 5.87. The van der Waals surface area contributed by atoms with E-state index in [1.165, 1.54) is 24.5 Å². The van der Waals surface area contributed by atoms with Gasteiger partial charge in [-0.1, -0.05) is 18.2 Å². The molecular formula is C13H12F3N3O. The van der Waals surface area contributed by atoms with Gasteiger partial charge in [-0.15, -0.1) is 13.2 Å². The summed E-state index contributed by atoms with van der Waals surface area (Å²) in [6, 6.07) is 7.20. The van der Waals surface area contributed by atoms with E-state index in [0.717, 1.165) is 0 Å². The molecule has 1 atom stereocenters. The van der Waals surface area contributed by atoms with E-state index in [1.807, 2.05) is 0 Å². The molecule has 1 heterocycles. The topological polar surface area (TPSA) is 47.0 Å². The Morgan fingerprint density at radius 2 is 1.90 bits per heavy atom. The number of hydrogen-bond acceptors (Lipinski definition) is 4. The number of rotatable bonds is 4. The number of nitrogens with zero attached hydrogens (tertiary/aromatic N) is 2. The quantitative estimate of drug-likeness (QED) is 0.937. The van der Waals surface area contributed by atoms with E-state index in [0.29, 0.717) is 11.1 Å². The fourth-order valence-electron chi connectivity index (χ4n) is 1.91. The Kier molecular flexibility index (Phi) is 4.19. The van der Waals surface area contributed by atoms with Crippen LogP contribution >= 0.6 is 0 Å². The number of alkyl halides is 3. The zero-order chi connectivity index (χ0) is 14.6. The molecule has 4 nitrogen and oxygen atoms in total. The third kappa shape index (κ3) is 3.45. The fraction of sp³-hybridized carbons (Fsp3) is 0.231. The number of hydrogen-bond donors (Lipinski definition) is 1. The first kappa shape index (κ1) is 14.3. The summed E-state index contributed by atoms with van der Waals surface area (Å²) in [5.74, 6) is -0.240. The zero-order valence-corrected chi connectivity index (χ0v) is 10.6. The van der Waals surface area contributed by atoms with Crippen molar-refractivity contribution in [3.63, 3.8) is 0 Å². The van der Waals surface area contributed by atoms with Gasteiger partial charge >= 0.3 is 6.36 Å². The van der Waals surface area contributed by atoms with Crippen LogP contribution < -0.4 is 10.1 Å². The van der Waals surface area contributed by atoms with Crippen LogP contribution in [0.3, 0.4) is 0 Å². The number of benzene rings is 1. The Morgan fingerprint density at radius 3 is 2.50 bits per heavy atom. The van der Waals surface area contributed by atoms with E-state index in [-0.39, 0.29) is 5.75 Å². The van der Waals surface area contributed by atoms with Crippen molar-refractivity contribution in [2.45, 2.75) is 12.4 Å². The van der Waals surface area contributed by atoms with Crippen molar-refractivity contribution in [3.05, 3.63) is 53.9 Å². The molecule has 0 fully saturated rings. The Labute approximate surface area is 113 Å². The normalized spacial score (nSPS) is 13.0. The highest BCUT2D eigenvalue weighted by Gasteiger charge is 2.33. The highest BCUT2D eigenvalue weighted by molar-refractivity contribution is 5.40. The van der Waals surface area contributed by atoms with Crippen LogP contribution in [0.15, 0.2) is 42.7 Å². The van der Waals surface area contributed by atoms with E-state index in [9.17, 15) is 13.2 Å². The predicted molar refractivity (Wildman–Crippen MR) is 66.1 cm³/mol. The molecule has 2 aromatic rings. The first-order valence-corrected chi connectivity index (χ1v) is 5.80. The van der Waals surface area contributed by atoms with Crippen molar-refractivity contribution in [2.24, 2.45) is 0 Å². The summed E-state index contributed by atoms with van der Waals surface area (Å²) in [5, 5.41) is 10.3. The highest BCUT2D eigenvalue weighted by atomic mass is 19.4. The molecule has 1 aromatic heterocycles. The number of para-hydroxylation sites is 1. The minimum Gasteiger partial charge on any atom is -0.405 e. The summed E-state index contributed by atoms with van der Waals surface area (Å²) in [6.45, 7) is 0. The molecule has 0 aliphatic rings. The van der Waals surface area contributed by atoms with Gasteiger partial charge < -0.3 is 10.1 Å². The summed E-state index contributed by atoms with van der Waals surface area (Å²) >= 11 is 0. The monoisotopic (exact) mass is 283 g/mol. The Balaban J connectivity index is 2.40. The van der Waals surface area contributed by atoms with Gasteiger partial charge in [0.05, 0.1) is 12.2 Å². The molecule has 7 heteroatoms. The summed E-state index contributed by atoms with van der Waals surface area (Å²) in [7, 11) is 1.65. The van der Waals surface area contributed by atoms with Gasteiger partial charge in [-0.25, -0.2) is 0 Å². The molecule has 1 aromatic carbocycles. The van der Waals surface area contributed by atoms with Crippen molar-refractivity contribution in [3.8, 4) is 5.75 Å². The van der Waals surface area contributed by atoms with Crippen LogP contribution in [0.2, 0.25) is 0 Å². The second-order valence-electron chi connectivity index (χ2n) is 3.98. The van der Waals surface area contributed by atoms with Gasteiger partial charge in [0.2, 0.25) is 0 Å². The molecule has 20 heavy (non-hydrogen) atoms. The lowest BCUT2D eigenvalue weighted by molar-refractivity contribution is -0.275. The molecule has 0 bridgehead atoms. The molecule has 0 saturated carbocycles. The third-order valence-corrected chi connectivity index (χ3v) is 2.68. The maximum absolute atomic E-state index is 12.4. The van der Waals surface area contributed by atoms with Crippen molar-refractivity contribution >= 4 is 0 Å². The lowest BCUT2D eigenvalue weighted by atomic mass is 10.00. The summed E-state index contributed by atoms with van der Waals surface area (Å²) in [6.07, 6.45) is -1.76. The Morgan fingerprint density at radius 1 is 1.15 bits per heavy atom. The maximum Gasteiger partial charge on any atom is 0.573 e. The number of nitrogens with one attached hydrogen (secondary N) is 1. The van der Waals surface area contributed by atoms with Gasteiger partial charge in [0.1, 0.15) is 5.75 Å². The van der Waals surface area contributed by atoms with Crippen LogP contribution in [0, 0.1) is 0 Å². The summed E-state index contributed by atoms with van der Waals surface area (Å²) in [5.41, 5.74) is 1.07. The first-order valence-electron chi connectivity index (χ1n) is 5.80. The minimum atomic E-state index is -4.73. The molecule has 0 aliphatic heterocycles. The van der Waals surface area contributed by atoms with E-state index < -0.39 is 12.4 Å². The lowest BCUT2D eigenvalue weighted by Crippen LogP contribution is -2.22. The van der Waals surface area contributed by atoms with Crippen molar-refractivity contribution < 1.29 is 17.9 Å². The lowest BCUT2D eigenvalue weighted by Gasteiger charge is -2.20. The maximum atomic E-state index is 12.4. The largest absolute Gasteiger partial charge is 0.573 e. The van der Waals surface area contributed by atoms with Crippen LogP contribution in [-0.2, 0) is 0 Å². The molecular weight excluding hydrogens is 271 g/mol. The van der Waals surface area contributed by atoms with Gasteiger partial charge in [0, 0.05) is 11.8 Å². The fourth-order valence-corrected chi connectivity index (χ4v) is 1.91. The second-order valence-corrected chi connectivity index (χ2v) is 3.98. The van der Waals surface area contributed by atoms with E-state index in [4.69, 9.17) is 0 Å². The predicted octanol–water partition coefficient (Wildman–Crippen LogP) is 2.68. The Hall–Kier alpha value is -2.15. The SMILES string of the molecule is CNC(c1ccnnc1)c1ccccc1OC(F)(F)F. The van der Waals surface area contributed by atoms with Crippen LogP contribution in [0.5, 0.6) is 5.75 Å². The molecule has 106 valence electrons. The Bertz CT molecular complexity index is 560. The minimum absolute atomic E-state index is 0.240. The number of ether oxygens (including phenoxy) is 1. The smallest absolute Gasteiger partial charge is 0.405 e. The molecule has 0 aliphatic carbocycles. The molecule has 0 radical (unpaired) electrons. The van der Waals surface area contributed by atoms with Crippen molar-refractivity contribution in [1.29, 1.82) is 0 Å². The van der Waals surface area contributed by atoms with E-state index in [2.05, 4.69) is 20.3 Å². The molecule has 1 N–H and O–H groups in total. The van der Waals surface area contributed by atoms with Gasteiger partial charge in [-0.2, -0.15) is 10.2 Å². The average molecular weight is 283 g/mol. The summed E-state index contributed by atoms with van der Waals surface area (Å²) in [4.78, 5) is 0. The molecule has 2 rings (SSSR count). The average Bonchev–Trinajstić information content (AvgIpc) is 2.41. The van der Waals surface area contributed by atoms with Crippen LogP contribution in [0.1, 0.15) is 17.2 Å². The number of aromatic nitrogens is 2. The highest BCUT2D eigenvalue weighted by Crippen LogP contribution is 2.32. The van der Waals surface area contributed by atoms with Crippen molar-refractivity contribution in [2.75, 3.05) is 7.05 Å². The molecule has 0 amide bonds. The standard InChI is InChI=1S/C13H12F3N3O/c1-17-12(9-6-7-18-19-8-9)10-4-2-3-5-11(10)20-13(14,15)16/h2-8,12,17H,1H3. The van der Waals surface area contributed by atoms with Gasteiger partial charge in [0.25, 0.3) is 0 Å². The number of halogens is 3. The van der Waals surface area contributed by atoms with Gasteiger partial charge in [0.15, 0.2) is 0 Å². The summed E-state index contributed by atoms with van der Waals surface area (Å²) < 4.78 is 41.3. The van der Waals surface area contributed by atoms with E-state index >= 15 is 0 Å². The van der Waals surface area contributed by atoms with E-state index in [1.54, 1.807) is 25.2 Å². The van der Waals surface area contributed by atoms with Crippen LogP contribution in [0.25, 0.3) is 0 Å². The van der Waals surface area contributed by atoms with Crippen LogP contribution in [0.4, 0.5) is 13.2 Å². The van der Waals surface area contributed by atoms with Crippen molar-refractivity contribution in [1.82, 2.24) is 15.5 Å².